The van der Waals surface area contributed by atoms with Crippen LogP contribution in [0.15, 0.2) is 71.6 Å². The fraction of sp³-hybridized carbons (Fsp3) is 0.0909. The van der Waals surface area contributed by atoms with E-state index in [2.05, 4.69) is 10.6 Å². The van der Waals surface area contributed by atoms with Gasteiger partial charge in [0.2, 0.25) is 11.8 Å². The summed E-state index contributed by atoms with van der Waals surface area (Å²) in [5.41, 5.74) is 2.01. The van der Waals surface area contributed by atoms with Crippen molar-refractivity contribution < 1.29 is 9.59 Å². The monoisotopic (exact) mass is 478 g/mol. The number of hydrogen-bond acceptors (Lipinski definition) is 3. The van der Waals surface area contributed by atoms with Crippen molar-refractivity contribution in [1.29, 1.82) is 0 Å². The maximum atomic E-state index is 12.3. The van der Waals surface area contributed by atoms with Crippen molar-refractivity contribution in [2.24, 2.45) is 0 Å². The van der Waals surface area contributed by atoms with Gasteiger partial charge in [0.05, 0.1) is 27.9 Å². The summed E-state index contributed by atoms with van der Waals surface area (Å²) >= 11 is 19.3. The van der Waals surface area contributed by atoms with Gasteiger partial charge in [-0.25, -0.2) is 0 Å². The third kappa shape index (κ3) is 6.67. The highest BCUT2D eigenvalue weighted by atomic mass is 35.5. The Balaban J connectivity index is 1.53. The van der Waals surface area contributed by atoms with E-state index < -0.39 is 0 Å². The lowest BCUT2D eigenvalue weighted by Crippen LogP contribution is -2.15. The van der Waals surface area contributed by atoms with Gasteiger partial charge in [-0.05, 0) is 48.0 Å². The fourth-order valence-corrected chi connectivity index (χ4v) is 3.82. The molecule has 0 saturated heterocycles. The second-order valence-corrected chi connectivity index (χ2v) is 8.59. The minimum atomic E-state index is -0.207. The van der Waals surface area contributed by atoms with Crippen molar-refractivity contribution in [2.45, 2.75) is 11.3 Å². The Labute approximate surface area is 193 Å². The molecule has 0 bridgehead atoms. The largest absolute Gasteiger partial charge is 0.326 e. The van der Waals surface area contributed by atoms with Crippen molar-refractivity contribution in [3.05, 3.63) is 87.4 Å². The molecule has 4 nitrogen and oxygen atoms in total. The van der Waals surface area contributed by atoms with E-state index in [-0.39, 0.29) is 24.0 Å². The number of carbonyl (C=O) groups is 2. The molecule has 3 aromatic rings. The number of hydrogen-bond donors (Lipinski definition) is 2. The smallest absolute Gasteiger partial charge is 0.234 e. The summed E-state index contributed by atoms with van der Waals surface area (Å²) in [6.07, 6.45) is 0.247. The average molecular weight is 480 g/mol. The second kappa shape index (κ2) is 10.7. The van der Waals surface area contributed by atoms with Crippen molar-refractivity contribution >= 4 is 69.8 Å². The summed E-state index contributed by atoms with van der Waals surface area (Å²) in [6.45, 7) is 0. The van der Waals surface area contributed by atoms with E-state index in [1.165, 1.54) is 11.8 Å². The molecule has 0 aliphatic rings. The SMILES string of the molecule is O=C(Cc1ccc(Cl)cc1)Nc1cccc(SCC(=O)Nc2cccc(Cl)c2Cl)c1. The average Bonchev–Trinajstić information content (AvgIpc) is 2.72. The van der Waals surface area contributed by atoms with Crippen LogP contribution in [0.1, 0.15) is 5.56 Å². The van der Waals surface area contributed by atoms with Gasteiger partial charge in [0.15, 0.2) is 0 Å². The van der Waals surface area contributed by atoms with Gasteiger partial charge in [0, 0.05) is 15.6 Å². The van der Waals surface area contributed by atoms with E-state index in [0.717, 1.165) is 10.5 Å². The van der Waals surface area contributed by atoms with Crippen LogP contribution in [0.3, 0.4) is 0 Å². The minimum absolute atomic E-state index is 0.132. The predicted octanol–water partition coefficient (Wildman–Crippen LogP) is 6.56. The van der Waals surface area contributed by atoms with Crippen molar-refractivity contribution in [2.75, 3.05) is 16.4 Å². The molecule has 3 rings (SSSR count). The molecule has 154 valence electrons. The summed E-state index contributed by atoms with van der Waals surface area (Å²) in [5, 5.41) is 6.93. The maximum absolute atomic E-state index is 12.3. The fourth-order valence-electron chi connectivity index (χ4n) is 2.59. The molecule has 0 aliphatic heterocycles. The highest BCUT2D eigenvalue weighted by molar-refractivity contribution is 8.00. The molecule has 0 saturated carbocycles. The first-order chi connectivity index (χ1) is 14.4. The number of carbonyl (C=O) groups excluding carboxylic acids is 2. The van der Waals surface area contributed by atoms with Gasteiger partial charge in [-0.15, -0.1) is 11.8 Å². The Morgan fingerprint density at radius 2 is 1.57 bits per heavy atom. The lowest BCUT2D eigenvalue weighted by Gasteiger charge is -2.09. The molecule has 30 heavy (non-hydrogen) atoms. The highest BCUT2D eigenvalue weighted by Crippen LogP contribution is 2.30. The van der Waals surface area contributed by atoms with Gasteiger partial charge < -0.3 is 10.6 Å². The van der Waals surface area contributed by atoms with Crippen LogP contribution in [-0.2, 0) is 16.0 Å². The Bertz CT molecular complexity index is 1060. The van der Waals surface area contributed by atoms with Crippen LogP contribution in [0.5, 0.6) is 0 Å². The standard InChI is InChI=1S/C22H17Cl3N2O2S/c23-15-9-7-14(8-10-15)11-20(28)26-16-3-1-4-17(12-16)30-13-21(29)27-19-6-2-5-18(24)22(19)25/h1-10,12H,11,13H2,(H,26,28)(H,27,29). The Morgan fingerprint density at radius 3 is 2.33 bits per heavy atom. The second-order valence-electron chi connectivity index (χ2n) is 6.32. The quantitative estimate of drug-likeness (QED) is 0.377. The van der Waals surface area contributed by atoms with Crippen LogP contribution in [0.25, 0.3) is 0 Å². The molecule has 2 N–H and O–H groups in total. The molecule has 0 fully saturated rings. The van der Waals surface area contributed by atoms with Crippen LogP contribution >= 0.6 is 46.6 Å². The number of nitrogens with one attached hydrogen (secondary N) is 2. The van der Waals surface area contributed by atoms with Gasteiger partial charge in [-0.1, -0.05) is 59.1 Å². The molecule has 8 heteroatoms. The summed E-state index contributed by atoms with van der Waals surface area (Å²) < 4.78 is 0. The molecule has 0 heterocycles. The Kier molecular flexibility index (Phi) is 8.05. The third-order valence-corrected chi connectivity index (χ3v) is 6.06. The zero-order chi connectivity index (χ0) is 21.5. The van der Waals surface area contributed by atoms with Crippen molar-refractivity contribution in [3.63, 3.8) is 0 Å². The van der Waals surface area contributed by atoms with E-state index in [1.54, 1.807) is 36.4 Å². The first-order valence-electron chi connectivity index (χ1n) is 8.92. The number of rotatable bonds is 7. The van der Waals surface area contributed by atoms with Gasteiger partial charge >= 0.3 is 0 Å². The molecular formula is C22H17Cl3N2O2S. The Hall–Kier alpha value is -2.18. The number of halogens is 3. The summed E-state index contributed by atoms with van der Waals surface area (Å²) in [7, 11) is 0. The zero-order valence-corrected chi connectivity index (χ0v) is 18.7. The van der Waals surface area contributed by atoms with Gasteiger partial charge in [0.25, 0.3) is 0 Å². The molecule has 0 unspecified atom stereocenters. The van der Waals surface area contributed by atoms with E-state index in [4.69, 9.17) is 34.8 Å². The number of anilines is 2. The first kappa shape index (κ1) is 22.5. The number of amides is 2. The van der Waals surface area contributed by atoms with Crippen molar-refractivity contribution in [3.8, 4) is 0 Å². The Morgan fingerprint density at radius 1 is 0.833 bits per heavy atom. The normalized spacial score (nSPS) is 10.5. The summed E-state index contributed by atoms with van der Waals surface area (Å²) in [6, 6.07) is 19.5. The number of thioether (sulfide) groups is 1. The third-order valence-electron chi connectivity index (χ3n) is 3.99. The topological polar surface area (TPSA) is 58.2 Å². The minimum Gasteiger partial charge on any atom is -0.326 e. The lowest BCUT2D eigenvalue weighted by atomic mass is 10.1. The van der Waals surface area contributed by atoms with Gasteiger partial charge in [0.1, 0.15) is 0 Å². The molecule has 0 spiro atoms. The molecule has 0 atom stereocenters. The van der Waals surface area contributed by atoms with Crippen LogP contribution in [0, 0.1) is 0 Å². The van der Waals surface area contributed by atoms with Crippen LogP contribution < -0.4 is 10.6 Å². The van der Waals surface area contributed by atoms with Crippen LogP contribution in [0.2, 0.25) is 15.1 Å². The summed E-state index contributed by atoms with van der Waals surface area (Å²) in [4.78, 5) is 25.3. The van der Waals surface area contributed by atoms with Crippen LogP contribution in [0.4, 0.5) is 11.4 Å². The maximum Gasteiger partial charge on any atom is 0.234 e. The molecule has 0 aromatic heterocycles. The van der Waals surface area contributed by atoms with E-state index in [0.29, 0.717) is 26.4 Å². The molecule has 0 aliphatic carbocycles. The highest BCUT2D eigenvalue weighted by Gasteiger charge is 2.10. The van der Waals surface area contributed by atoms with Gasteiger partial charge in [-0.3, -0.25) is 9.59 Å². The lowest BCUT2D eigenvalue weighted by molar-refractivity contribution is -0.115. The molecular weight excluding hydrogens is 463 g/mol. The first-order valence-corrected chi connectivity index (χ1v) is 11.0. The van der Waals surface area contributed by atoms with E-state index in [1.807, 2.05) is 30.3 Å². The molecule has 2 amide bonds. The molecule has 3 aromatic carbocycles. The van der Waals surface area contributed by atoms with Gasteiger partial charge in [-0.2, -0.15) is 0 Å². The van der Waals surface area contributed by atoms with Crippen LogP contribution in [-0.4, -0.2) is 17.6 Å². The van der Waals surface area contributed by atoms with E-state index >= 15 is 0 Å². The zero-order valence-electron chi connectivity index (χ0n) is 15.6. The van der Waals surface area contributed by atoms with E-state index in [9.17, 15) is 9.59 Å². The van der Waals surface area contributed by atoms with Crippen molar-refractivity contribution in [1.82, 2.24) is 0 Å². The molecule has 0 radical (unpaired) electrons. The predicted molar refractivity (Wildman–Crippen MR) is 126 cm³/mol. The summed E-state index contributed by atoms with van der Waals surface area (Å²) in [5.74, 6) is -0.153. The number of benzene rings is 3.